The summed E-state index contributed by atoms with van der Waals surface area (Å²) >= 11 is 0. The molecule has 1 aromatic heterocycles. The maximum atomic E-state index is 10.4. The zero-order valence-electron chi connectivity index (χ0n) is 8.94. The van der Waals surface area contributed by atoms with E-state index in [2.05, 4.69) is 11.2 Å². The Kier molecular flexibility index (Phi) is 2.75. The second kappa shape index (κ2) is 4.04. The van der Waals surface area contributed by atoms with Crippen molar-refractivity contribution in [3.05, 3.63) is 17.5 Å². The number of aliphatic carboxylic acids is 1. The van der Waals surface area contributed by atoms with Crippen molar-refractivity contribution in [2.24, 2.45) is 7.05 Å². The van der Waals surface area contributed by atoms with Crippen molar-refractivity contribution in [1.82, 2.24) is 9.78 Å². The fourth-order valence-corrected chi connectivity index (χ4v) is 1.99. The van der Waals surface area contributed by atoms with E-state index < -0.39 is 5.97 Å². The molecule has 0 saturated heterocycles. The standard InChI is InChI=1S/C11H16N2O2/c1-13-10(8-3-2-4-8)7-9(12-13)5-6-11(14)15/h7-8H,2-6H2,1H3,(H,14,15). The number of carboxylic acids is 1. The van der Waals surface area contributed by atoms with Crippen LogP contribution in [0, 0.1) is 0 Å². The predicted octanol–water partition coefficient (Wildman–Crippen LogP) is 1.70. The zero-order chi connectivity index (χ0) is 10.8. The van der Waals surface area contributed by atoms with Gasteiger partial charge in [-0.05, 0) is 18.9 Å². The minimum Gasteiger partial charge on any atom is -0.481 e. The van der Waals surface area contributed by atoms with Gasteiger partial charge in [0.15, 0.2) is 0 Å². The second-order valence-electron chi connectivity index (χ2n) is 4.21. The summed E-state index contributed by atoms with van der Waals surface area (Å²) in [5.41, 5.74) is 2.17. The number of nitrogens with zero attached hydrogens (tertiary/aromatic N) is 2. The van der Waals surface area contributed by atoms with E-state index in [9.17, 15) is 4.79 Å². The molecule has 4 heteroatoms. The summed E-state index contributed by atoms with van der Waals surface area (Å²) in [5, 5.41) is 12.9. The lowest BCUT2D eigenvalue weighted by molar-refractivity contribution is -0.136. The molecule has 1 aliphatic rings. The summed E-state index contributed by atoms with van der Waals surface area (Å²) < 4.78 is 1.90. The first kappa shape index (κ1) is 10.2. The summed E-state index contributed by atoms with van der Waals surface area (Å²) in [6.45, 7) is 0. The third-order valence-electron chi connectivity index (χ3n) is 3.09. The van der Waals surface area contributed by atoms with E-state index in [0.717, 1.165) is 5.69 Å². The first-order chi connectivity index (χ1) is 7.16. The van der Waals surface area contributed by atoms with Gasteiger partial charge in [0.05, 0.1) is 12.1 Å². The largest absolute Gasteiger partial charge is 0.481 e. The summed E-state index contributed by atoms with van der Waals surface area (Å²) in [4.78, 5) is 10.4. The van der Waals surface area contributed by atoms with Crippen LogP contribution in [0.25, 0.3) is 0 Å². The molecule has 4 nitrogen and oxygen atoms in total. The topological polar surface area (TPSA) is 55.1 Å². The summed E-state index contributed by atoms with van der Waals surface area (Å²) in [5.74, 6) is -0.105. The Labute approximate surface area is 88.9 Å². The molecular weight excluding hydrogens is 192 g/mol. The number of aromatic nitrogens is 2. The van der Waals surface area contributed by atoms with E-state index in [4.69, 9.17) is 5.11 Å². The van der Waals surface area contributed by atoms with Crippen LogP contribution in [0.1, 0.15) is 43.0 Å². The first-order valence-corrected chi connectivity index (χ1v) is 5.41. The van der Waals surface area contributed by atoms with E-state index in [1.165, 1.54) is 25.0 Å². The second-order valence-corrected chi connectivity index (χ2v) is 4.21. The third kappa shape index (κ3) is 2.19. The van der Waals surface area contributed by atoms with Gasteiger partial charge in [0, 0.05) is 25.1 Å². The van der Waals surface area contributed by atoms with Crippen molar-refractivity contribution in [3.63, 3.8) is 0 Å². The van der Waals surface area contributed by atoms with Crippen LogP contribution in [-0.2, 0) is 18.3 Å². The highest BCUT2D eigenvalue weighted by molar-refractivity contribution is 5.66. The van der Waals surface area contributed by atoms with Crippen molar-refractivity contribution >= 4 is 5.97 Å². The van der Waals surface area contributed by atoms with Crippen LogP contribution in [0.5, 0.6) is 0 Å². The van der Waals surface area contributed by atoms with Gasteiger partial charge in [0.1, 0.15) is 0 Å². The molecule has 2 rings (SSSR count). The van der Waals surface area contributed by atoms with E-state index in [1.807, 2.05) is 11.7 Å². The molecule has 1 heterocycles. The van der Waals surface area contributed by atoms with E-state index >= 15 is 0 Å². The SMILES string of the molecule is Cn1nc(CCC(=O)O)cc1C1CCC1. The molecule has 0 aromatic carbocycles. The summed E-state index contributed by atoms with van der Waals surface area (Å²) in [7, 11) is 1.94. The fraction of sp³-hybridized carbons (Fsp3) is 0.636. The molecule has 0 radical (unpaired) electrons. The van der Waals surface area contributed by atoms with Gasteiger partial charge in [0.2, 0.25) is 0 Å². The smallest absolute Gasteiger partial charge is 0.303 e. The monoisotopic (exact) mass is 208 g/mol. The number of carbonyl (C=O) groups is 1. The molecule has 0 spiro atoms. The molecule has 0 amide bonds. The van der Waals surface area contributed by atoms with Gasteiger partial charge in [0.25, 0.3) is 0 Å². The Bertz CT molecular complexity index is 367. The molecular formula is C11H16N2O2. The fourth-order valence-electron chi connectivity index (χ4n) is 1.99. The Balaban J connectivity index is 2.03. The van der Waals surface area contributed by atoms with Crippen LogP contribution < -0.4 is 0 Å². The summed E-state index contributed by atoms with van der Waals surface area (Å²) in [6.07, 6.45) is 4.51. The van der Waals surface area contributed by atoms with Gasteiger partial charge >= 0.3 is 5.97 Å². The molecule has 1 N–H and O–H groups in total. The first-order valence-electron chi connectivity index (χ1n) is 5.41. The van der Waals surface area contributed by atoms with Crippen LogP contribution in [0.4, 0.5) is 0 Å². The Morgan fingerprint density at radius 1 is 1.67 bits per heavy atom. The van der Waals surface area contributed by atoms with Crippen LogP contribution in [-0.4, -0.2) is 20.9 Å². The average Bonchev–Trinajstić information content (AvgIpc) is 2.42. The minimum absolute atomic E-state index is 0.168. The Morgan fingerprint density at radius 2 is 2.40 bits per heavy atom. The predicted molar refractivity (Wildman–Crippen MR) is 55.8 cm³/mol. The lowest BCUT2D eigenvalue weighted by Gasteiger charge is -2.25. The van der Waals surface area contributed by atoms with Gasteiger partial charge in [-0.25, -0.2) is 0 Å². The van der Waals surface area contributed by atoms with Crippen LogP contribution >= 0.6 is 0 Å². The van der Waals surface area contributed by atoms with Gasteiger partial charge in [-0.3, -0.25) is 9.48 Å². The molecule has 15 heavy (non-hydrogen) atoms. The molecule has 82 valence electrons. The highest BCUT2D eigenvalue weighted by Crippen LogP contribution is 2.36. The van der Waals surface area contributed by atoms with E-state index in [1.54, 1.807) is 0 Å². The van der Waals surface area contributed by atoms with Crippen LogP contribution in [0.15, 0.2) is 6.07 Å². The Morgan fingerprint density at radius 3 is 2.93 bits per heavy atom. The van der Waals surface area contributed by atoms with Gasteiger partial charge in [-0.2, -0.15) is 5.10 Å². The molecule has 1 saturated carbocycles. The number of rotatable bonds is 4. The van der Waals surface area contributed by atoms with Crippen molar-refractivity contribution in [3.8, 4) is 0 Å². The highest BCUT2D eigenvalue weighted by atomic mass is 16.4. The lowest BCUT2D eigenvalue weighted by atomic mass is 9.83. The van der Waals surface area contributed by atoms with Crippen molar-refractivity contribution in [2.45, 2.75) is 38.0 Å². The molecule has 0 unspecified atom stereocenters. The number of aryl methyl sites for hydroxylation is 2. The zero-order valence-corrected chi connectivity index (χ0v) is 8.94. The molecule has 0 atom stereocenters. The van der Waals surface area contributed by atoms with Crippen molar-refractivity contribution in [1.29, 1.82) is 0 Å². The van der Waals surface area contributed by atoms with E-state index in [0.29, 0.717) is 12.3 Å². The molecule has 1 aliphatic carbocycles. The van der Waals surface area contributed by atoms with Crippen LogP contribution in [0.2, 0.25) is 0 Å². The quantitative estimate of drug-likeness (QED) is 0.819. The maximum absolute atomic E-state index is 10.4. The van der Waals surface area contributed by atoms with Crippen molar-refractivity contribution < 1.29 is 9.90 Å². The average molecular weight is 208 g/mol. The molecule has 0 bridgehead atoms. The molecule has 1 fully saturated rings. The van der Waals surface area contributed by atoms with Crippen molar-refractivity contribution in [2.75, 3.05) is 0 Å². The number of hydrogen-bond acceptors (Lipinski definition) is 2. The Hall–Kier alpha value is -1.32. The van der Waals surface area contributed by atoms with Gasteiger partial charge in [-0.1, -0.05) is 6.42 Å². The number of hydrogen-bond donors (Lipinski definition) is 1. The minimum atomic E-state index is -0.758. The van der Waals surface area contributed by atoms with E-state index in [-0.39, 0.29) is 6.42 Å². The summed E-state index contributed by atoms with van der Waals surface area (Å²) in [6, 6.07) is 2.06. The van der Waals surface area contributed by atoms with Gasteiger partial charge in [-0.15, -0.1) is 0 Å². The third-order valence-corrected chi connectivity index (χ3v) is 3.09. The maximum Gasteiger partial charge on any atom is 0.303 e. The molecule has 1 aromatic rings. The normalized spacial score (nSPS) is 16.3. The van der Waals surface area contributed by atoms with Crippen LogP contribution in [0.3, 0.4) is 0 Å². The lowest BCUT2D eigenvalue weighted by Crippen LogP contribution is -2.12. The van der Waals surface area contributed by atoms with Gasteiger partial charge < -0.3 is 5.11 Å². The molecule has 0 aliphatic heterocycles. The number of carboxylic acid groups (broad SMARTS) is 1. The highest BCUT2D eigenvalue weighted by Gasteiger charge is 2.23.